The highest BCUT2D eigenvalue weighted by Gasteiger charge is 2.81. The van der Waals surface area contributed by atoms with Crippen LogP contribution in [0.25, 0.3) is 0 Å². The van der Waals surface area contributed by atoms with E-state index in [0.29, 0.717) is 30.0 Å². The van der Waals surface area contributed by atoms with Crippen molar-refractivity contribution < 1.29 is 24.2 Å². The number of fused-ring (bicyclic) bond motifs is 6. The largest absolute Gasteiger partial charge is 0.462 e. The Hall–Kier alpha value is -0.940. The number of esters is 1. The highest BCUT2D eigenvalue weighted by atomic mass is 16.6. The Labute approximate surface area is 179 Å². The molecule has 1 spiro atoms. The second-order valence-electron chi connectivity index (χ2n) is 12.9. The van der Waals surface area contributed by atoms with Gasteiger partial charge in [-0.3, -0.25) is 9.59 Å². The monoisotopic (exact) mass is 416 g/mol. The van der Waals surface area contributed by atoms with Crippen molar-refractivity contribution >= 4 is 11.8 Å². The van der Waals surface area contributed by atoms with Gasteiger partial charge in [-0.25, -0.2) is 0 Å². The van der Waals surface area contributed by atoms with Gasteiger partial charge in [-0.1, -0.05) is 13.8 Å². The number of Topliss-reactive ketones (excluding diaryl/α,β-unsaturated/α-hetero) is 1. The topological polar surface area (TPSA) is 76.1 Å². The molecule has 0 aromatic carbocycles. The lowest BCUT2D eigenvalue weighted by Gasteiger charge is -2.59. The fourth-order valence-corrected chi connectivity index (χ4v) is 8.70. The smallest absolute Gasteiger partial charge is 0.311 e. The Morgan fingerprint density at radius 2 is 1.93 bits per heavy atom. The molecule has 1 aliphatic heterocycles. The second kappa shape index (κ2) is 5.51. The van der Waals surface area contributed by atoms with Crippen molar-refractivity contribution in [2.24, 2.45) is 45.8 Å². The number of aliphatic hydroxyl groups excluding tert-OH is 1. The lowest BCUT2D eigenvalue weighted by molar-refractivity contribution is -0.174. The van der Waals surface area contributed by atoms with E-state index in [9.17, 15) is 14.7 Å². The molecule has 0 aromatic rings. The van der Waals surface area contributed by atoms with E-state index in [1.54, 1.807) is 0 Å². The first kappa shape index (κ1) is 19.7. The Balaban J connectivity index is 1.29. The predicted molar refractivity (Wildman–Crippen MR) is 109 cm³/mol. The van der Waals surface area contributed by atoms with Crippen LogP contribution in [0.5, 0.6) is 0 Å². The molecule has 5 unspecified atom stereocenters. The van der Waals surface area contributed by atoms with Gasteiger partial charge in [0.05, 0.1) is 11.5 Å². The molecular weight excluding hydrogens is 380 g/mol. The van der Waals surface area contributed by atoms with Gasteiger partial charge in [0, 0.05) is 23.2 Å². The predicted octanol–water partition coefficient (Wildman–Crippen LogP) is 3.51. The third-order valence-corrected chi connectivity index (χ3v) is 10.4. The van der Waals surface area contributed by atoms with Crippen LogP contribution in [0.15, 0.2) is 0 Å². The molecule has 0 amide bonds. The second-order valence-corrected chi connectivity index (χ2v) is 12.9. The molecule has 5 nitrogen and oxygen atoms in total. The lowest BCUT2D eigenvalue weighted by atomic mass is 9.43. The number of rotatable bonds is 1. The molecule has 166 valence electrons. The van der Waals surface area contributed by atoms with E-state index in [-0.39, 0.29) is 46.4 Å². The summed E-state index contributed by atoms with van der Waals surface area (Å²) in [6.45, 7) is 10.2. The number of aliphatic hydroxyl groups is 1. The summed E-state index contributed by atoms with van der Waals surface area (Å²) < 4.78 is 12.3. The van der Waals surface area contributed by atoms with Gasteiger partial charge < -0.3 is 14.6 Å². The Kier molecular flexibility index (Phi) is 3.62. The quantitative estimate of drug-likeness (QED) is 0.523. The van der Waals surface area contributed by atoms with E-state index in [0.717, 1.165) is 32.1 Å². The number of carbonyl (C=O) groups excluding carboxylic acids is 2. The molecule has 0 bridgehead atoms. The van der Waals surface area contributed by atoms with Gasteiger partial charge in [0.1, 0.15) is 23.6 Å². The van der Waals surface area contributed by atoms with Crippen molar-refractivity contribution in [2.45, 2.75) is 97.1 Å². The molecule has 5 saturated carbocycles. The molecule has 30 heavy (non-hydrogen) atoms. The fraction of sp³-hybridized carbons (Fsp3) is 0.920. The lowest BCUT2D eigenvalue weighted by Crippen LogP contribution is -2.63. The summed E-state index contributed by atoms with van der Waals surface area (Å²) >= 11 is 0. The first-order valence-corrected chi connectivity index (χ1v) is 12.1. The molecule has 5 heteroatoms. The van der Waals surface area contributed by atoms with Crippen molar-refractivity contribution in [3.8, 4) is 0 Å². The number of epoxide rings is 1. The summed E-state index contributed by atoms with van der Waals surface area (Å²) in [6.07, 6.45) is 4.71. The first-order valence-electron chi connectivity index (χ1n) is 12.1. The van der Waals surface area contributed by atoms with Crippen molar-refractivity contribution in [1.29, 1.82) is 0 Å². The fourth-order valence-electron chi connectivity index (χ4n) is 8.70. The van der Waals surface area contributed by atoms with Gasteiger partial charge in [0.25, 0.3) is 0 Å². The van der Waals surface area contributed by atoms with Gasteiger partial charge in [0.15, 0.2) is 0 Å². The zero-order chi connectivity index (χ0) is 21.4. The number of ether oxygens (including phenoxy) is 2. The number of carbonyl (C=O) groups is 2. The van der Waals surface area contributed by atoms with Crippen LogP contribution in [0, 0.1) is 45.8 Å². The molecule has 11 atom stereocenters. The molecule has 0 radical (unpaired) electrons. The summed E-state index contributed by atoms with van der Waals surface area (Å²) in [4.78, 5) is 25.5. The Morgan fingerprint density at radius 3 is 2.63 bits per heavy atom. The first-order chi connectivity index (χ1) is 13.9. The molecule has 1 saturated heterocycles. The van der Waals surface area contributed by atoms with Crippen LogP contribution in [-0.4, -0.2) is 40.8 Å². The van der Waals surface area contributed by atoms with E-state index in [2.05, 4.69) is 13.8 Å². The number of ketones is 1. The molecule has 5 aliphatic carbocycles. The van der Waals surface area contributed by atoms with E-state index in [1.807, 2.05) is 20.8 Å². The van der Waals surface area contributed by atoms with Crippen molar-refractivity contribution in [3.63, 3.8) is 0 Å². The molecule has 6 rings (SSSR count). The SMILES string of the molecule is CC(C)(C)C(=O)O[C@H]1CC[C@]2(C)C3CC[C@]4(C)C(=O)[C@H]5C[C@H]5C4C3[C@@H](O)C3OC32C1. The third kappa shape index (κ3) is 2.17. The highest BCUT2D eigenvalue weighted by Crippen LogP contribution is 2.76. The van der Waals surface area contributed by atoms with E-state index in [1.165, 1.54) is 0 Å². The highest BCUT2D eigenvalue weighted by molar-refractivity contribution is 5.92. The molecule has 1 heterocycles. The number of hydrogen-bond acceptors (Lipinski definition) is 5. The van der Waals surface area contributed by atoms with E-state index < -0.39 is 11.5 Å². The van der Waals surface area contributed by atoms with Gasteiger partial charge in [-0.2, -0.15) is 0 Å². The van der Waals surface area contributed by atoms with Crippen LogP contribution in [0.1, 0.15) is 73.1 Å². The zero-order valence-corrected chi connectivity index (χ0v) is 18.9. The number of hydrogen-bond donors (Lipinski definition) is 1. The van der Waals surface area contributed by atoms with Crippen LogP contribution in [0.4, 0.5) is 0 Å². The van der Waals surface area contributed by atoms with Crippen LogP contribution >= 0.6 is 0 Å². The van der Waals surface area contributed by atoms with Crippen LogP contribution in [0.2, 0.25) is 0 Å². The molecule has 6 fully saturated rings. The maximum absolute atomic E-state index is 13.0. The maximum Gasteiger partial charge on any atom is 0.311 e. The summed E-state index contributed by atoms with van der Waals surface area (Å²) in [5.74, 6) is 1.94. The van der Waals surface area contributed by atoms with Gasteiger partial charge >= 0.3 is 5.97 Å². The van der Waals surface area contributed by atoms with Gasteiger partial charge in [0.2, 0.25) is 0 Å². The minimum absolute atomic E-state index is 0.0104. The Morgan fingerprint density at radius 1 is 1.20 bits per heavy atom. The zero-order valence-electron chi connectivity index (χ0n) is 18.9. The molecule has 0 aromatic heterocycles. The van der Waals surface area contributed by atoms with E-state index >= 15 is 0 Å². The molecule has 6 aliphatic rings. The average molecular weight is 417 g/mol. The summed E-state index contributed by atoms with van der Waals surface area (Å²) in [5.41, 5.74) is -1.12. The van der Waals surface area contributed by atoms with Crippen molar-refractivity contribution in [1.82, 2.24) is 0 Å². The van der Waals surface area contributed by atoms with Crippen LogP contribution in [-0.2, 0) is 19.1 Å². The normalized spacial score (nSPS) is 58.0. The van der Waals surface area contributed by atoms with Crippen LogP contribution in [0.3, 0.4) is 0 Å². The van der Waals surface area contributed by atoms with Crippen LogP contribution < -0.4 is 0 Å². The Bertz CT molecular complexity index is 830. The van der Waals surface area contributed by atoms with Gasteiger partial charge in [-0.15, -0.1) is 0 Å². The summed E-state index contributed by atoms with van der Waals surface area (Å²) in [7, 11) is 0. The minimum atomic E-state index is -0.511. The maximum atomic E-state index is 13.0. The molecule has 1 N–H and O–H groups in total. The summed E-state index contributed by atoms with van der Waals surface area (Å²) in [5, 5.41) is 11.5. The third-order valence-electron chi connectivity index (χ3n) is 10.4. The van der Waals surface area contributed by atoms with Crippen molar-refractivity contribution in [3.05, 3.63) is 0 Å². The van der Waals surface area contributed by atoms with E-state index in [4.69, 9.17) is 9.47 Å². The van der Waals surface area contributed by atoms with Gasteiger partial charge in [-0.05, 0) is 76.5 Å². The average Bonchev–Trinajstić information content (AvgIpc) is 3.56. The standard InChI is InChI=1S/C25H36O5/c1-22(2,3)21(28)29-12-6-9-24(5)15-7-8-23(4)17(13-10-14(13)19(23)27)16(15)18(26)20-25(24,11-12)30-20/h12-18,20,26H,6-11H2,1-5H3/t12-,13+,14-,15?,16?,17?,18+,20?,23-,24+,25?/m0/s1. The van der Waals surface area contributed by atoms with Crippen molar-refractivity contribution in [2.75, 3.05) is 0 Å². The minimum Gasteiger partial charge on any atom is -0.462 e. The summed E-state index contributed by atoms with van der Waals surface area (Å²) in [6, 6.07) is 0. The molecular formula is C25H36O5.